The number of nitrogens with zero attached hydrogens (tertiary/aromatic N) is 2. The van der Waals surface area contributed by atoms with Crippen molar-refractivity contribution in [3.8, 4) is 5.69 Å². The average Bonchev–Trinajstić information content (AvgIpc) is 3.27. The second kappa shape index (κ2) is 7.79. The smallest absolute Gasteiger partial charge is 0.233 e. The zero-order valence-electron chi connectivity index (χ0n) is 15.0. The number of amides is 1. The first-order chi connectivity index (χ1) is 13.2. The Balaban J connectivity index is 1.69. The molecule has 2 heterocycles. The number of halogens is 1. The van der Waals surface area contributed by atoms with E-state index < -0.39 is 0 Å². The van der Waals surface area contributed by atoms with Gasteiger partial charge in [-0.05, 0) is 36.2 Å². The van der Waals surface area contributed by atoms with Gasteiger partial charge >= 0.3 is 0 Å². The summed E-state index contributed by atoms with van der Waals surface area (Å²) in [7, 11) is 0. The zero-order chi connectivity index (χ0) is 18.8. The summed E-state index contributed by atoms with van der Waals surface area (Å²) in [6, 6.07) is 17.4. The molecule has 1 amide bonds. The van der Waals surface area contributed by atoms with E-state index in [1.807, 2.05) is 78.0 Å². The molecule has 6 heteroatoms. The molecule has 4 nitrogen and oxygen atoms in total. The zero-order valence-corrected chi connectivity index (χ0v) is 16.6. The first-order valence-corrected chi connectivity index (χ1v) is 10.5. The van der Waals surface area contributed by atoms with Crippen molar-refractivity contribution in [1.29, 1.82) is 0 Å². The molecule has 0 unspecified atom stereocenters. The van der Waals surface area contributed by atoms with Gasteiger partial charge in [0.15, 0.2) is 0 Å². The Bertz CT molecular complexity index is 954. The lowest BCUT2D eigenvalue weighted by molar-refractivity contribution is -0.117. The summed E-state index contributed by atoms with van der Waals surface area (Å²) in [5.41, 5.74) is 4.08. The summed E-state index contributed by atoms with van der Waals surface area (Å²) in [5.74, 6) is 2.31. The molecule has 1 aliphatic rings. The fourth-order valence-electron chi connectivity index (χ4n) is 3.37. The van der Waals surface area contributed by atoms with Crippen LogP contribution in [0, 0.1) is 0 Å². The van der Waals surface area contributed by atoms with Crippen LogP contribution >= 0.6 is 23.4 Å². The molecule has 3 aromatic rings. The van der Waals surface area contributed by atoms with Crippen LogP contribution in [-0.2, 0) is 16.3 Å². The van der Waals surface area contributed by atoms with Gasteiger partial charge in [0.05, 0.1) is 17.3 Å². The Morgan fingerprint density at radius 3 is 2.63 bits per heavy atom. The minimum Gasteiger partial charge on any atom is -0.310 e. The minimum absolute atomic E-state index is 0.00138. The number of hydrogen-bond acceptors (Lipinski definition) is 3. The molecule has 1 atom stereocenters. The van der Waals surface area contributed by atoms with E-state index >= 15 is 0 Å². The first kappa shape index (κ1) is 18.1. The van der Waals surface area contributed by atoms with Crippen LogP contribution in [0.5, 0.6) is 0 Å². The third-order valence-electron chi connectivity index (χ3n) is 4.79. The van der Waals surface area contributed by atoms with E-state index in [4.69, 9.17) is 16.7 Å². The van der Waals surface area contributed by atoms with E-state index in [1.54, 1.807) is 0 Å². The van der Waals surface area contributed by atoms with E-state index in [9.17, 15) is 4.79 Å². The second-order valence-corrected chi connectivity index (χ2v) is 7.94. The Hall–Kier alpha value is -2.24. The fourth-order valence-corrected chi connectivity index (χ4v) is 4.53. The first-order valence-electron chi connectivity index (χ1n) is 8.97. The van der Waals surface area contributed by atoms with Crippen molar-refractivity contribution in [3.63, 3.8) is 0 Å². The van der Waals surface area contributed by atoms with Gasteiger partial charge in [0.25, 0.3) is 0 Å². The number of benzene rings is 2. The van der Waals surface area contributed by atoms with Gasteiger partial charge in [-0.3, -0.25) is 4.79 Å². The monoisotopic (exact) mass is 397 g/mol. The number of carbonyl (C=O) groups is 1. The largest absolute Gasteiger partial charge is 0.310 e. The van der Waals surface area contributed by atoms with Crippen LogP contribution in [0.25, 0.3) is 5.69 Å². The predicted octanol–water partition coefficient (Wildman–Crippen LogP) is 5.40. The van der Waals surface area contributed by atoms with Crippen molar-refractivity contribution in [3.05, 3.63) is 76.4 Å². The molecule has 2 aromatic carbocycles. The van der Waals surface area contributed by atoms with Gasteiger partial charge in [0.2, 0.25) is 5.91 Å². The number of nitrogens with one attached hydrogen (secondary N) is 1. The van der Waals surface area contributed by atoms with Gasteiger partial charge in [-0.1, -0.05) is 48.9 Å². The van der Waals surface area contributed by atoms with Gasteiger partial charge in [0, 0.05) is 22.1 Å². The van der Waals surface area contributed by atoms with Gasteiger partial charge in [-0.2, -0.15) is 16.9 Å². The maximum absolute atomic E-state index is 13.1. The molecule has 0 bridgehead atoms. The van der Waals surface area contributed by atoms with Crippen molar-refractivity contribution >= 4 is 35.1 Å². The minimum atomic E-state index is -0.190. The number of anilines is 1. The molecule has 0 spiro atoms. The highest BCUT2D eigenvalue weighted by molar-refractivity contribution is 7.98. The second-order valence-electron chi connectivity index (χ2n) is 6.52. The summed E-state index contributed by atoms with van der Waals surface area (Å²) < 4.78 is 1.83. The molecule has 1 aliphatic heterocycles. The van der Waals surface area contributed by atoms with Gasteiger partial charge in [-0.15, -0.1) is 0 Å². The van der Waals surface area contributed by atoms with E-state index in [2.05, 4.69) is 5.32 Å². The predicted molar refractivity (Wildman–Crippen MR) is 112 cm³/mol. The van der Waals surface area contributed by atoms with Crippen LogP contribution in [0.2, 0.25) is 5.02 Å². The summed E-state index contributed by atoms with van der Waals surface area (Å²) in [5, 5.41) is 8.58. The molecule has 0 saturated carbocycles. The summed E-state index contributed by atoms with van der Waals surface area (Å²) >= 11 is 7.84. The number of aromatic nitrogens is 2. The summed E-state index contributed by atoms with van der Waals surface area (Å²) in [4.78, 5) is 13.1. The maximum Gasteiger partial charge on any atom is 0.233 e. The molecule has 138 valence electrons. The average molecular weight is 398 g/mol. The Morgan fingerprint density at radius 2 is 1.93 bits per heavy atom. The highest BCUT2D eigenvalue weighted by atomic mass is 35.5. The van der Waals surface area contributed by atoms with Crippen LogP contribution in [0.4, 0.5) is 5.82 Å². The Kier molecular flexibility index (Phi) is 5.23. The van der Waals surface area contributed by atoms with Crippen LogP contribution in [-0.4, -0.2) is 15.7 Å². The normalized spacial score (nSPS) is 14.0. The number of fused-ring (bicyclic) bond motifs is 1. The van der Waals surface area contributed by atoms with Crippen molar-refractivity contribution in [2.45, 2.75) is 30.8 Å². The highest BCUT2D eigenvalue weighted by Gasteiger charge is 2.27. The molecule has 4 rings (SSSR count). The van der Waals surface area contributed by atoms with Crippen molar-refractivity contribution in [2.24, 2.45) is 0 Å². The molecule has 0 aliphatic carbocycles. The number of thioether (sulfide) groups is 1. The molecule has 0 saturated heterocycles. The lowest BCUT2D eigenvalue weighted by atomic mass is 9.95. The van der Waals surface area contributed by atoms with E-state index in [1.165, 1.54) is 0 Å². The third kappa shape index (κ3) is 3.62. The molecule has 27 heavy (non-hydrogen) atoms. The quantitative estimate of drug-likeness (QED) is 0.626. The van der Waals surface area contributed by atoms with Crippen LogP contribution in [0.3, 0.4) is 0 Å². The van der Waals surface area contributed by atoms with Crippen molar-refractivity contribution in [1.82, 2.24) is 9.78 Å². The Labute approximate surface area is 167 Å². The third-order valence-corrected chi connectivity index (χ3v) is 6.01. The topological polar surface area (TPSA) is 46.9 Å². The van der Waals surface area contributed by atoms with Gasteiger partial charge in [-0.25, -0.2) is 4.68 Å². The van der Waals surface area contributed by atoms with Crippen LogP contribution < -0.4 is 5.32 Å². The lowest BCUT2D eigenvalue weighted by Gasteiger charge is -2.17. The van der Waals surface area contributed by atoms with Gasteiger partial charge in [0.1, 0.15) is 5.82 Å². The van der Waals surface area contributed by atoms with E-state index in [-0.39, 0.29) is 11.8 Å². The SMILES string of the molecule is CC[C@H](C(=O)Nc1c2c(nn1-c1ccc(Cl)cc1)CSC2)c1ccccc1. The lowest BCUT2D eigenvalue weighted by Crippen LogP contribution is -2.23. The van der Waals surface area contributed by atoms with Crippen molar-refractivity contribution < 1.29 is 4.79 Å². The molecule has 0 radical (unpaired) electrons. The van der Waals surface area contributed by atoms with Gasteiger partial charge < -0.3 is 5.32 Å². The maximum atomic E-state index is 13.1. The summed E-state index contributed by atoms with van der Waals surface area (Å²) in [6.45, 7) is 2.04. The van der Waals surface area contributed by atoms with Crippen LogP contribution in [0.15, 0.2) is 54.6 Å². The molecular formula is C21H20ClN3OS. The van der Waals surface area contributed by atoms with E-state index in [0.717, 1.165) is 46.3 Å². The highest BCUT2D eigenvalue weighted by Crippen LogP contribution is 2.37. The van der Waals surface area contributed by atoms with Crippen LogP contribution in [0.1, 0.15) is 36.1 Å². The standard InChI is InChI=1S/C21H20ClN3OS/c1-2-17(14-6-4-3-5-7-14)21(26)23-20-18-12-27-13-19(18)24-25(20)16-10-8-15(22)9-11-16/h3-11,17H,2,12-13H2,1H3,(H,23,26)/t17-/m0/s1. The molecular weight excluding hydrogens is 378 g/mol. The fraction of sp³-hybridized carbons (Fsp3) is 0.238. The Morgan fingerprint density at radius 1 is 1.19 bits per heavy atom. The van der Waals surface area contributed by atoms with E-state index in [0.29, 0.717) is 5.02 Å². The molecule has 1 aromatic heterocycles. The molecule has 1 N–H and O–H groups in total. The molecule has 0 fully saturated rings. The number of hydrogen-bond donors (Lipinski definition) is 1. The number of rotatable bonds is 5. The number of carbonyl (C=O) groups excluding carboxylic acids is 1. The summed E-state index contributed by atoms with van der Waals surface area (Å²) in [6.07, 6.45) is 0.738. The van der Waals surface area contributed by atoms with Crippen molar-refractivity contribution in [2.75, 3.05) is 5.32 Å².